The summed E-state index contributed by atoms with van der Waals surface area (Å²) in [6, 6.07) is 14.3. The predicted octanol–water partition coefficient (Wildman–Crippen LogP) is 4.46. The second kappa shape index (κ2) is 9.13. The van der Waals surface area contributed by atoms with Gasteiger partial charge in [-0.15, -0.1) is 0 Å². The van der Waals surface area contributed by atoms with Crippen molar-refractivity contribution in [2.45, 2.75) is 45.4 Å². The molecule has 2 fully saturated rings. The lowest BCUT2D eigenvalue weighted by Gasteiger charge is -2.27. The molecule has 2 heterocycles. The van der Waals surface area contributed by atoms with Gasteiger partial charge < -0.3 is 14.5 Å². The monoisotopic (exact) mass is 420 g/mol. The Morgan fingerprint density at radius 1 is 1.00 bits per heavy atom. The van der Waals surface area contributed by atoms with Gasteiger partial charge in [-0.3, -0.25) is 9.59 Å². The molecule has 5 heteroatoms. The molecular formula is C26H32N2O3. The Morgan fingerprint density at radius 2 is 1.77 bits per heavy atom. The van der Waals surface area contributed by atoms with Gasteiger partial charge in [-0.25, -0.2) is 0 Å². The van der Waals surface area contributed by atoms with Crippen LogP contribution in [0.5, 0.6) is 5.75 Å². The van der Waals surface area contributed by atoms with E-state index in [4.69, 9.17) is 4.74 Å². The third-order valence-electron chi connectivity index (χ3n) is 6.85. The van der Waals surface area contributed by atoms with Crippen LogP contribution < -0.4 is 9.64 Å². The smallest absolute Gasteiger partial charge is 0.228 e. The number of hydrogen-bond acceptors (Lipinski definition) is 3. The van der Waals surface area contributed by atoms with Gasteiger partial charge in [-0.05, 0) is 67.6 Å². The summed E-state index contributed by atoms with van der Waals surface area (Å²) in [7, 11) is 1.67. The minimum absolute atomic E-state index is 0.0446. The number of hydrogen-bond donors (Lipinski definition) is 0. The van der Waals surface area contributed by atoms with Gasteiger partial charge in [0.2, 0.25) is 11.8 Å². The molecule has 2 aliphatic rings. The fourth-order valence-electron chi connectivity index (χ4n) is 4.76. The molecule has 0 N–H and O–H groups in total. The van der Waals surface area contributed by atoms with Gasteiger partial charge in [0.1, 0.15) is 5.75 Å². The lowest BCUT2D eigenvalue weighted by Crippen LogP contribution is -2.39. The Labute approximate surface area is 185 Å². The first-order valence-corrected chi connectivity index (χ1v) is 11.3. The van der Waals surface area contributed by atoms with Crippen molar-refractivity contribution in [2.24, 2.45) is 5.92 Å². The first-order chi connectivity index (χ1) is 15.0. The maximum Gasteiger partial charge on any atom is 0.228 e. The molecule has 2 aromatic rings. The van der Waals surface area contributed by atoms with Crippen LogP contribution in [-0.2, 0) is 9.59 Å². The molecule has 2 saturated heterocycles. The van der Waals surface area contributed by atoms with Crippen LogP contribution in [0.4, 0.5) is 5.69 Å². The van der Waals surface area contributed by atoms with Crippen LogP contribution in [-0.4, -0.2) is 43.5 Å². The zero-order valence-electron chi connectivity index (χ0n) is 18.8. The Bertz CT molecular complexity index is 954. The maximum absolute atomic E-state index is 13.4. The van der Waals surface area contributed by atoms with Crippen LogP contribution in [0.3, 0.4) is 0 Å². The summed E-state index contributed by atoms with van der Waals surface area (Å²) in [5, 5.41) is 0. The summed E-state index contributed by atoms with van der Waals surface area (Å²) in [5.74, 6) is 1.08. The van der Waals surface area contributed by atoms with Gasteiger partial charge in [0.25, 0.3) is 0 Å². The Morgan fingerprint density at radius 3 is 2.48 bits per heavy atom. The first kappa shape index (κ1) is 21.4. The Hall–Kier alpha value is -2.82. The summed E-state index contributed by atoms with van der Waals surface area (Å²) >= 11 is 0. The van der Waals surface area contributed by atoms with E-state index in [1.807, 2.05) is 35.2 Å². The summed E-state index contributed by atoms with van der Waals surface area (Å²) in [4.78, 5) is 29.9. The van der Waals surface area contributed by atoms with Crippen molar-refractivity contribution in [1.29, 1.82) is 0 Å². The molecular weight excluding hydrogens is 388 g/mol. The van der Waals surface area contributed by atoms with Gasteiger partial charge in [-0.1, -0.05) is 24.6 Å². The summed E-state index contributed by atoms with van der Waals surface area (Å²) < 4.78 is 5.28. The number of rotatable bonds is 4. The van der Waals surface area contributed by atoms with Crippen molar-refractivity contribution in [3.63, 3.8) is 0 Å². The number of likely N-dealkylation sites (tertiary alicyclic amines) is 1. The number of nitrogens with zero attached hydrogens (tertiary/aromatic N) is 2. The SMILES string of the molecule is COc1ccc(C2CCCCN(C(=O)C3CC(=O)N(c4ccc(C)c(C)c4)C3)C2)cc1. The molecule has 2 amide bonds. The van der Waals surface area contributed by atoms with Gasteiger partial charge in [-0.2, -0.15) is 0 Å². The zero-order chi connectivity index (χ0) is 22.0. The van der Waals surface area contributed by atoms with E-state index in [1.165, 1.54) is 11.1 Å². The Balaban J connectivity index is 1.46. The molecule has 2 aliphatic heterocycles. The average Bonchev–Trinajstić information content (AvgIpc) is 3.01. The van der Waals surface area contributed by atoms with Crippen molar-refractivity contribution in [2.75, 3.05) is 31.6 Å². The van der Waals surface area contributed by atoms with Crippen LogP contribution in [0.25, 0.3) is 0 Å². The van der Waals surface area contributed by atoms with Crippen LogP contribution in [0.15, 0.2) is 42.5 Å². The molecule has 0 spiro atoms. The van der Waals surface area contributed by atoms with Gasteiger partial charge in [0, 0.05) is 37.7 Å². The number of anilines is 1. The maximum atomic E-state index is 13.4. The third-order valence-corrected chi connectivity index (χ3v) is 6.85. The number of carbonyl (C=O) groups excluding carboxylic acids is 2. The van der Waals surface area contributed by atoms with E-state index in [0.717, 1.165) is 49.4 Å². The second-order valence-electron chi connectivity index (χ2n) is 8.92. The topological polar surface area (TPSA) is 49.9 Å². The molecule has 0 aliphatic carbocycles. The van der Waals surface area contributed by atoms with Crippen LogP contribution in [0.1, 0.15) is 48.3 Å². The molecule has 0 radical (unpaired) electrons. The molecule has 164 valence electrons. The molecule has 4 rings (SSSR count). The van der Waals surface area contributed by atoms with E-state index < -0.39 is 0 Å². The van der Waals surface area contributed by atoms with Crippen LogP contribution in [0.2, 0.25) is 0 Å². The highest BCUT2D eigenvalue weighted by Crippen LogP contribution is 2.31. The molecule has 0 aromatic heterocycles. The lowest BCUT2D eigenvalue weighted by atomic mass is 9.94. The first-order valence-electron chi connectivity index (χ1n) is 11.3. The molecule has 2 unspecified atom stereocenters. The zero-order valence-corrected chi connectivity index (χ0v) is 18.8. The van der Waals surface area contributed by atoms with Crippen LogP contribution in [0, 0.1) is 19.8 Å². The minimum atomic E-state index is -0.260. The van der Waals surface area contributed by atoms with Crippen molar-refractivity contribution < 1.29 is 14.3 Å². The normalized spacial score (nSPS) is 21.8. The molecule has 5 nitrogen and oxygen atoms in total. The van der Waals surface area contributed by atoms with E-state index in [1.54, 1.807) is 12.0 Å². The van der Waals surface area contributed by atoms with E-state index in [-0.39, 0.29) is 17.7 Å². The number of carbonyl (C=O) groups is 2. The highest BCUT2D eigenvalue weighted by Gasteiger charge is 2.38. The number of ether oxygens (including phenoxy) is 1. The van der Waals surface area contributed by atoms with Gasteiger partial charge >= 0.3 is 0 Å². The minimum Gasteiger partial charge on any atom is -0.497 e. The summed E-state index contributed by atoms with van der Waals surface area (Å²) in [5.41, 5.74) is 4.52. The fraction of sp³-hybridized carbons (Fsp3) is 0.462. The Kier molecular flexibility index (Phi) is 6.30. The third kappa shape index (κ3) is 4.60. The van der Waals surface area contributed by atoms with E-state index >= 15 is 0 Å². The van der Waals surface area contributed by atoms with Gasteiger partial charge in [0.05, 0.1) is 13.0 Å². The summed E-state index contributed by atoms with van der Waals surface area (Å²) in [6.45, 7) is 6.09. The van der Waals surface area contributed by atoms with E-state index in [9.17, 15) is 9.59 Å². The molecule has 2 aromatic carbocycles. The van der Waals surface area contributed by atoms with Crippen LogP contribution >= 0.6 is 0 Å². The number of methoxy groups -OCH3 is 1. The molecule has 31 heavy (non-hydrogen) atoms. The van der Waals surface area contributed by atoms with Crippen molar-refractivity contribution in [1.82, 2.24) is 4.90 Å². The largest absolute Gasteiger partial charge is 0.497 e. The summed E-state index contributed by atoms with van der Waals surface area (Å²) in [6.07, 6.45) is 3.50. The lowest BCUT2D eigenvalue weighted by molar-refractivity contribution is -0.135. The quantitative estimate of drug-likeness (QED) is 0.734. The number of aryl methyl sites for hydroxylation is 2. The number of benzene rings is 2. The van der Waals surface area contributed by atoms with Crippen molar-refractivity contribution >= 4 is 17.5 Å². The second-order valence-corrected chi connectivity index (χ2v) is 8.92. The fourth-order valence-corrected chi connectivity index (χ4v) is 4.76. The predicted molar refractivity (Wildman–Crippen MR) is 123 cm³/mol. The van der Waals surface area contributed by atoms with Crippen molar-refractivity contribution in [3.8, 4) is 5.75 Å². The number of amides is 2. The standard InChI is InChI=1S/C26H32N2O3/c1-18-7-10-23(14-19(18)2)28-17-22(15-25(28)29)26(30)27-13-5-4-6-21(16-27)20-8-11-24(31-3)12-9-20/h7-12,14,21-22H,4-6,13,15-17H2,1-3H3. The highest BCUT2D eigenvalue weighted by molar-refractivity contribution is 6.00. The van der Waals surface area contributed by atoms with E-state index in [2.05, 4.69) is 26.0 Å². The van der Waals surface area contributed by atoms with E-state index in [0.29, 0.717) is 18.9 Å². The highest BCUT2D eigenvalue weighted by atomic mass is 16.5. The average molecular weight is 421 g/mol. The molecule has 0 saturated carbocycles. The van der Waals surface area contributed by atoms with Crippen molar-refractivity contribution in [3.05, 3.63) is 59.2 Å². The molecule has 2 atom stereocenters. The van der Waals surface area contributed by atoms with Gasteiger partial charge in [0.15, 0.2) is 0 Å². The molecule has 0 bridgehead atoms.